The van der Waals surface area contributed by atoms with E-state index in [1.807, 2.05) is 0 Å². The van der Waals surface area contributed by atoms with Gasteiger partial charge in [-0.3, -0.25) is 4.79 Å². The Hall–Kier alpha value is -3.43. The second-order valence-corrected chi connectivity index (χ2v) is 5.86. The topological polar surface area (TPSA) is 90.2 Å². The summed E-state index contributed by atoms with van der Waals surface area (Å²) in [6.07, 6.45) is 0. The lowest BCUT2D eigenvalue weighted by Crippen LogP contribution is -2.15. The molecule has 0 radical (unpaired) electrons. The average Bonchev–Trinajstić information content (AvgIpc) is 2.61. The Morgan fingerprint density at radius 1 is 1.08 bits per heavy atom. The number of nitriles is 1. The number of carboxylic acids is 1. The van der Waals surface area contributed by atoms with Gasteiger partial charge in [0.2, 0.25) is 0 Å². The Morgan fingerprint density at radius 3 is 2.46 bits per heavy atom. The molecule has 0 fully saturated rings. The van der Waals surface area contributed by atoms with E-state index in [2.05, 4.69) is 5.32 Å². The molecule has 1 amide bonds. The number of anilines is 1. The predicted octanol–water partition coefficient (Wildman–Crippen LogP) is 4.45. The van der Waals surface area contributed by atoms with Gasteiger partial charge in [-0.25, -0.2) is 9.18 Å². The van der Waals surface area contributed by atoms with E-state index < -0.39 is 11.9 Å². The van der Waals surface area contributed by atoms with Crippen molar-refractivity contribution in [1.29, 1.82) is 5.26 Å². The van der Waals surface area contributed by atoms with Crippen molar-refractivity contribution in [3.8, 4) is 6.07 Å². The predicted molar refractivity (Wildman–Crippen MR) is 95.0 cm³/mol. The molecule has 3 aromatic carbocycles. The molecule has 0 bridgehead atoms. The van der Waals surface area contributed by atoms with Gasteiger partial charge in [0.05, 0.1) is 21.8 Å². The van der Waals surface area contributed by atoms with Crippen LogP contribution in [0, 0.1) is 17.1 Å². The third kappa shape index (κ3) is 3.34. The van der Waals surface area contributed by atoms with E-state index in [0.29, 0.717) is 10.8 Å². The Kier molecular flexibility index (Phi) is 4.57. The van der Waals surface area contributed by atoms with Gasteiger partial charge < -0.3 is 10.4 Å². The smallest absolute Gasteiger partial charge is 0.337 e. The summed E-state index contributed by atoms with van der Waals surface area (Å²) < 4.78 is 13.2. The first-order valence-electron chi connectivity index (χ1n) is 7.36. The third-order valence-corrected chi connectivity index (χ3v) is 4.08. The highest BCUT2D eigenvalue weighted by Gasteiger charge is 2.17. The highest BCUT2D eigenvalue weighted by molar-refractivity contribution is 6.32. The third-order valence-electron chi connectivity index (χ3n) is 3.77. The number of benzene rings is 3. The SMILES string of the molecule is N#Cc1cc(C(=O)O)c(NC(=O)c2ccc3cc(F)ccc3c2)cc1Cl. The van der Waals surface area contributed by atoms with Crippen molar-refractivity contribution in [1.82, 2.24) is 0 Å². The molecule has 2 N–H and O–H groups in total. The van der Waals surface area contributed by atoms with Gasteiger partial charge in [0.1, 0.15) is 11.9 Å². The van der Waals surface area contributed by atoms with Gasteiger partial charge in [-0.2, -0.15) is 5.26 Å². The normalized spacial score (nSPS) is 10.3. The zero-order chi connectivity index (χ0) is 18.8. The zero-order valence-corrected chi connectivity index (χ0v) is 13.8. The fraction of sp³-hybridized carbons (Fsp3) is 0. The van der Waals surface area contributed by atoms with Gasteiger partial charge in [-0.1, -0.05) is 23.7 Å². The number of hydrogen-bond acceptors (Lipinski definition) is 3. The summed E-state index contributed by atoms with van der Waals surface area (Å²) in [6, 6.07) is 12.9. The Balaban J connectivity index is 1.97. The van der Waals surface area contributed by atoms with E-state index in [1.54, 1.807) is 24.3 Å². The highest BCUT2D eigenvalue weighted by atomic mass is 35.5. The van der Waals surface area contributed by atoms with Crippen molar-refractivity contribution in [3.05, 3.63) is 76.1 Å². The second kappa shape index (κ2) is 6.82. The summed E-state index contributed by atoms with van der Waals surface area (Å²) in [7, 11) is 0. The van der Waals surface area contributed by atoms with Crippen LogP contribution in [0.4, 0.5) is 10.1 Å². The van der Waals surface area contributed by atoms with Crippen LogP contribution in [-0.4, -0.2) is 17.0 Å². The maximum Gasteiger partial charge on any atom is 0.337 e. The number of hydrogen-bond donors (Lipinski definition) is 2. The number of carbonyl (C=O) groups excluding carboxylic acids is 1. The molecule has 3 rings (SSSR count). The lowest BCUT2D eigenvalue weighted by molar-refractivity contribution is 0.0698. The Morgan fingerprint density at radius 2 is 1.77 bits per heavy atom. The maximum atomic E-state index is 13.2. The minimum absolute atomic E-state index is 0.00482. The molecule has 0 heterocycles. The quantitative estimate of drug-likeness (QED) is 0.714. The first-order valence-corrected chi connectivity index (χ1v) is 7.74. The number of fused-ring (bicyclic) bond motifs is 1. The van der Waals surface area contributed by atoms with Crippen molar-refractivity contribution < 1.29 is 19.1 Å². The van der Waals surface area contributed by atoms with Gasteiger partial charge in [0.25, 0.3) is 5.91 Å². The second-order valence-electron chi connectivity index (χ2n) is 5.45. The van der Waals surface area contributed by atoms with E-state index >= 15 is 0 Å². The van der Waals surface area contributed by atoms with Crippen LogP contribution in [0.5, 0.6) is 0 Å². The molecule has 0 aromatic heterocycles. The molecule has 0 aliphatic heterocycles. The minimum atomic E-state index is -1.30. The van der Waals surface area contributed by atoms with Crippen molar-refractivity contribution >= 4 is 39.9 Å². The van der Waals surface area contributed by atoms with Crippen LogP contribution in [0.2, 0.25) is 5.02 Å². The first kappa shape index (κ1) is 17.4. The number of carboxylic acid groups (broad SMARTS) is 1. The molecule has 3 aromatic rings. The summed E-state index contributed by atoms with van der Waals surface area (Å²) in [5.74, 6) is -2.24. The van der Waals surface area contributed by atoms with E-state index in [-0.39, 0.29) is 33.2 Å². The summed E-state index contributed by atoms with van der Waals surface area (Å²) in [5.41, 5.74) is -0.0106. The van der Waals surface area contributed by atoms with Crippen molar-refractivity contribution in [3.63, 3.8) is 0 Å². The van der Waals surface area contributed by atoms with Crippen molar-refractivity contribution in [2.75, 3.05) is 5.32 Å². The largest absolute Gasteiger partial charge is 0.478 e. The number of amides is 1. The van der Waals surface area contributed by atoms with Gasteiger partial charge in [-0.15, -0.1) is 0 Å². The van der Waals surface area contributed by atoms with E-state index in [4.69, 9.17) is 16.9 Å². The molecule has 26 heavy (non-hydrogen) atoms. The molecule has 0 saturated carbocycles. The van der Waals surface area contributed by atoms with Crippen LogP contribution in [0.1, 0.15) is 26.3 Å². The number of nitrogens with zero attached hydrogens (tertiary/aromatic N) is 1. The molecular weight excluding hydrogens is 359 g/mol. The van der Waals surface area contributed by atoms with Crippen molar-refractivity contribution in [2.45, 2.75) is 0 Å². The molecular formula is C19H10ClFN2O3. The fourth-order valence-electron chi connectivity index (χ4n) is 2.49. The Labute approximate surface area is 152 Å². The highest BCUT2D eigenvalue weighted by Crippen LogP contribution is 2.26. The average molecular weight is 369 g/mol. The fourth-order valence-corrected chi connectivity index (χ4v) is 2.70. The standard InChI is InChI=1S/C19H10ClFN2O3/c20-16-8-17(15(19(25)26)7-13(16)9-22)23-18(24)12-2-1-11-6-14(21)4-3-10(11)5-12/h1-8H,(H,23,24)(H,25,26). The summed E-state index contributed by atoms with van der Waals surface area (Å²) in [6.45, 7) is 0. The van der Waals surface area contributed by atoms with E-state index in [1.165, 1.54) is 24.3 Å². The lowest BCUT2D eigenvalue weighted by Gasteiger charge is -2.10. The van der Waals surface area contributed by atoms with Crippen LogP contribution < -0.4 is 5.32 Å². The van der Waals surface area contributed by atoms with Crippen molar-refractivity contribution in [2.24, 2.45) is 0 Å². The van der Waals surface area contributed by atoms with Crippen LogP contribution in [0.25, 0.3) is 10.8 Å². The molecule has 128 valence electrons. The molecule has 0 aliphatic rings. The first-order chi connectivity index (χ1) is 12.4. The lowest BCUT2D eigenvalue weighted by atomic mass is 10.1. The number of nitrogens with one attached hydrogen (secondary N) is 1. The molecule has 7 heteroatoms. The molecule has 0 spiro atoms. The maximum absolute atomic E-state index is 13.2. The number of halogens is 2. The van der Waals surface area contributed by atoms with Gasteiger partial charge in [0, 0.05) is 5.56 Å². The van der Waals surface area contributed by atoms with Crippen LogP contribution in [-0.2, 0) is 0 Å². The van der Waals surface area contributed by atoms with Crippen LogP contribution in [0.15, 0.2) is 48.5 Å². The minimum Gasteiger partial charge on any atom is -0.478 e. The van der Waals surface area contributed by atoms with Gasteiger partial charge in [0.15, 0.2) is 0 Å². The van der Waals surface area contributed by atoms with Gasteiger partial charge >= 0.3 is 5.97 Å². The zero-order valence-electron chi connectivity index (χ0n) is 13.1. The van der Waals surface area contributed by atoms with Gasteiger partial charge in [-0.05, 0) is 47.2 Å². The number of carbonyl (C=O) groups is 2. The molecule has 0 aliphatic carbocycles. The van der Waals surface area contributed by atoms with Crippen LogP contribution >= 0.6 is 11.6 Å². The van der Waals surface area contributed by atoms with Crippen LogP contribution in [0.3, 0.4) is 0 Å². The molecule has 0 atom stereocenters. The molecule has 0 saturated heterocycles. The molecule has 0 unspecified atom stereocenters. The Bertz CT molecular complexity index is 1110. The summed E-state index contributed by atoms with van der Waals surface area (Å²) >= 11 is 5.93. The molecule has 5 nitrogen and oxygen atoms in total. The number of rotatable bonds is 3. The van der Waals surface area contributed by atoms with E-state index in [0.717, 1.165) is 6.07 Å². The summed E-state index contributed by atoms with van der Waals surface area (Å²) in [5, 5.41) is 22.1. The van der Waals surface area contributed by atoms with E-state index in [9.17, 15) is 19.1 Å². The number of aromatic carboxylic acids is 1. The summed E-state index contributed by atoms with van der Waals surface area (Å²) in [4.78, 5) is 23.9. The monoisotopic (exact) mass is 368 g/mol.